The van der Waals surface area contributed by atoms with Crippen molar-refractivity contribution in [2.24, 2.45) is 0 Å². The molecule has 0 bridgehead atoms. The Morgan fingerprint density at radius 2 is 1.97 bits per heavy atom. The monoisotopic (exact) mass is 430 g/mol. The van der Waals surface area contributed by atoms with E-state index in [1.54, 1.807) is 16.4 Å². The molecule has 3 rings (SSSR count). The van der Waals surface area contributed by atoms with Crippen LogP contribution in [-0.2, 0) is 9.53 Å². The quantitative estimate of drug-likeness (QED) is 0.457. The summed E-state index contributed by atoms with van der Waals surface area (Å²) in [4.78, 5) is 32.6. The van der Waals surface area contributed by atoms with Crippen molar-refractivity contribution in [3.63, 3.8) is 0 Å². The topological polar surface area (TPSA) is 84.0 Å². The van der Waals surface area contributed by atoms with Gasteiger partial charge < -0.3 is 19.7 Å². The van der Waals surface area contributed by atoms with Crippen LogP contribution in [0.5, 0.6) is 5.75 Å². The molecule has 9 heteroatoms. The van der Waals surface area contributed by atoms with E-state index in [4.69, 9.17) is 9.47 Å². The summed E-state index contributed by atoms with van der Waals surface area (Å²) in [6.45, 7) is 8.05. The van der Waals surface area contributed by atoms with Crippen LogP contribution < -0.4 is 10.1 Å². The Bertz CT molecular complexity index is 835. The van der Waals surface area contributed by atoms with Crippen molar-refractivity contribution >= 4 is 28.3 Å². The number of rotatable bonds is 10. The molecule has 0 unspecified atom stereocenters. The van der Waals surface area contributed by atoms with Gasteiger partial charge in [0.15, 0.2) is 17.4 Å². The minimum absolute atomic E-state index is 0.191. The zero-order valence-corrected chi connectivity index (χ0v) is 17.6. The number of hydrogen-bond donors (Lipinski definition) is 1. The molecule has 0 aliphatic carbocycles. The molecule has 0 saturated carbocycles. The average molecular weight is 431 g/mol. The van der Waals surface area contributed by atoms with Crippen molar-refractivity contribution < 1.29 is 19.1 Å². The van der Waals surface area contributed by atoms with E-state index in [0.29, 0.717) is 31.4 Å². The van der Waals surface area contributed by atoms with E-state index in [-0.39, 0.29) is 18.2 Å². The van der Waals surface area contributed by atoms with Crippen molar-refractivity contribution in [1.29, 1.82) is 0 Å². The van der Waals surface area contributed by atoms with Crippen LogP contribution in [0.3, 0.4) is 0 Å². The number of ether oxygens (including phenoxy) is 2. The van der Waals surface area contributed by atoms with E-state index in [9.17, 15) is 9.59 Å². The highest BCUT2D eigenvalue weighted by Crippen LogP contribution is 2.16. The maximum Gasteiger partial charge on any atom is 0.358 e. The molecule has 1 aliphatic rings. The highest BCUT2D eigenvalue weighted by molar-refractivity contribution is 7.13. The first-order chi connectivity index (χ1) is 14.7. The van der Waals surface area contributed by atoms with E-state index < -0.39 is 5.97 Å². The molecule has 8 nitrogen and oxygen atoms in total. The molecule has 30 heavy (non-hydrogen) atoms. The molecule has 1 saturated heterocycles. The van der Waals surface area contributed by atoms with Gasteiger partial charge in [-0.2, -0.15) is 0 Å². The second-order valence-corrected chi connectivity index (χ2v) is 7.53. The van der Waals surface area contributed by atoms with E-state index >= 15 is 0 Å². The summed E-state index contributed by atoms with van der Waals surface area (Å²) in [5.41, 5.74) is 0.197. The molecule has 0 radical (unpaired) electrons. The minimum Gasteiger partial charge on any atom is -0.492 e. The van der Waals surface area contributed by atoms with Crippen LogP contribution in [0.4, 0.5) is 5.13 Å². The smallest absolute Gasteiger partial charge is 0.358 e. The third-order valence-electron chi connectivity index (χ3n) is 4.58. The maximum atomic E-state index is 12.4. The minimum atomic E-state index is -0.594. The third-order valence-corrected chi connectivity index (χ3v) is 5.38. The van der Waals surface area contributed by atoms with Crippen LogP contribution in [0.25, 0.3) is 0 Å². The summed E-state index contributed by atoms with van der Waals surface area (Å²) in [7, 11) is 0. The number of carbonyl (C=O) groups excluding carboxylic acids is 2. The normalized spacial score (nSPS) is 14.2. The van der Waals surface area contributed by atoms with Gasteiger partial charge >= 0.3 is 5.97 Å². The number of carbonyl (C=O) groups is 2. The summed E-state index contributed by atoms with van der Waals surface area (Å²) in [6.07, 6.45) is 1.70. The summed E-state index contributed by atoms with van der Waals surface area (Å²) in [5, 5.41) is 5.22. The van der Waals surface area contributed by atoms with E-state index in [2.05, 4.69) is 21.8 Å². The van der Waals surface area contributed by atoms with Crippen LogP contribution in [0.2, 0.25) is 0 Å². The number of para-hydroxylation sites is 1. The standard InChI is InChI=1S/C21H26N4O4S/c1-2-8-22-21-23-18(16-30-21)20(27)29-15-19(26)25-11-9-24(10-12-25)13-14-28-17-6-4-3-5-7-17/h2-7,16H,1,8-15H2,(H,22,23). The van der Waals surface area contributed by atoms with Gasteiger partial charge in [-0.15, -0.1) is 17.9 Å². The van der Waals surface area contributed by atoms with Crippen molar-refractivity contribution in [1.82, 2.24) is 14.8 Å². The molecule has 2 aromatic rings. The van der Waals surface area contributed by atoms with Gasteiger partial charge in [0.1, 0.15) is 12.4 Å². The Hall–Kier alpha value is -2.91. The molecular formula is C21H26N4O4S. The summed E-state index contributed by atoms with van der Waals surface area (Å²) < 4.78 is 10.9. The van der Waals surface area contributed by atoms with Crippen molar-refractivity contribution in [2.75, 3.05) is 57.8 Å². The fraction of sp³-hybridized carbons (Fsp3) is 0.381. The number of esters is 1. The highest BCUT2D eigenvalue weighted by Gasteiger charge is 2.22. The fourth-order valence-corrected chi connectivity index (χ4v) is 3.62. The number of benzene rings is 1. The number of thiazole rings is 1. The number of nitrogens with one attached hydrogen (secondary N) is 1. The Labute approximate surface area is 180 Å². The second kappa shape index (κ2) is 11.3. The predicted octanol–water partition coefficient (Wildman–Crippen LogP) is 2.12. The van der Waals surface area contributed by atoms with Gasteiger partial charge in [-0.05, 0) is 12.1 Å². The van der Waals surface area contributed by atoms with Gasteiger partial charge in [0.25, 0.3) is 5.91 Å². The van der Waals surface area contributed by atoms with Crippen LogP contribution in [-0.4, -0.2) is 79.1 Å². The summed E-state index contributed by atoms with van der Waals surface area (Å²) >= 11 is 1.30. The van der Waals surface area contributed by atoms with E-state index in [1.165, 1.54) is 11.3 Å². The molecule has 0 spiro atoms. The van der Waals surface area contributed by atoms with Crippen LogP contribution in [0, 0.1) is 0 Å². The lowest BCUT2D eigenvalue weighted by Crippen LogP contribution is -2.50. The summed E-state index contributed by atoms with van der Waals surface area (Å²) in [5.74, 6) is 0.0727. The van der Waals surface area contributed by atoms with Gasteiger partial charge in [-0.25, -0.2) is 9.78 Å². The number of piperazine rings is 1. The van der Waals surface area contributed by atoms with Crippen LogP contribution in [0.1, 0.15) is 10.5 Å². The molecule has 1 fully saturated rings. The Balaban J connectivity index is 1.33. The number of aromatic nitrogens is 1. The maximum absolute atomic E-state index is 12.4. The molecular weight excluding hydrogens is 404 g/mol. The van der Waals surface area contributed by atoms with E-state index in [0.717, 1.165) is 25.4 Å². The zero-order valence-electron chi connectivity index (χ0n) is 16.8. The molecule has 160 valence electrons. The predicted molar refractivity (Wildman–Crippen MR) is 116 cm³/mol. The Morgan fingerprint density at radius 1 is 1.20 bits per heavy atom. The molecule has 1 N–H and O–H groups in total. The summed E-state index contributed by atoms with van der Waals surface area (Å²) in [6, 6.07) is 9.71. The van der Waals surface area contributed by atoms with E-state index in [1.807, 2.05) is 30.3 Å². The zero-order chi connectivity index (χ0) is 21.2. The first-order valence-corrected chi connectivity index (χ1v) is 10.7. The van der Waals surface area contributed by atoms with Gasteiger partial charge in [0.05, 0.1) is 0 Å². The lowest BCUT2D eigenvalue weighted by Gasteiger charge is -2.34. The highest BCUT2D eigenvalue weighted by atomic mass is 32.1. The Morgan fingerprint density at radius 3 is 2.70 bits per heavy atom. The average Bonchev–Trinajstić information content (AvgIpc) is 3.26. The SMILES string of the molecule is C=CCNc1nc(C(=O)OCC(=O)N2CCN(CCOc3ccccc3)CC2)cs1. The van der Waals surface area contributed by atoms with Gasteiger partial charge in [-0.1, -0.05) is 24.3 Å². The number of nitrogens with zero attached hydrogens (tertiary/aromatic N) is 3. The molecule has 2 heterocycles. The number of amides is 1. The van der Waals surface area contributed by atoms with Gasteiger partial charge in [0, 0.05) is 44.6 Å². The molecule has 1 aromatic carbocycles. The van der Waals surface area contributed by atoms with Crippen LogP contribution >= 0.6 is 11.3 Å². The Kier molecular flexibility index (Phi) is 8.22. The molecule has 1 aliphatic heterocycles. The largest absolute Gasteiger partial charge is 0.492 e. The lowest BCUT2D eigenvalue weighted by molar-refractivity contribution is -0.136. The van der Waals surface area contributed by atoms with Crippen molar-refractivity contribution in [3.05, 3.63) is 54.1 Å². The van der Waals surface area contributed by atoms with Gasteiger partial charge in [-0.3, -0.25) is 9.69 Å². The second-order valence-electron chi connectivity index (χ2n) is 6.67. The van der Waals surface area contributed by atoms with Crippen LogP contribution in [0.15, 0.2) is 48.4 Å². The lowest BCUT2D eigenvalue weighted by atomic mass is 10.3. The first kappa shape index (κ1) is 21.8. The molecule has 0 atom stereocenters. The third kappa shape index (κ3) is 6.57. The van der Waals surface area contributed by atoms with Gasteiger partial charge in [0.2, 0.25) is 0 Å². The first-order valence-electron chi connectivity index (χ1n) is 9.81. The molecule has 1 amide bonds. The van der Waals surface area contributed by atoms with Crippen molar-refractivity contribution in [3.8, 4) is 5.75 Å². The molecule has 1 aromatic heterocycles. The number of hydrogen-bond acceptors (Lipinski definition) is 8. The fourth-order valence-electron chi connectivity index (χ4n) is 2.93. The number of anilines is 1. The van der Waals surface area contributed by atoms with Crippen molar-refractivity contribution in [2.45, 2.75) is 0 Å².